The normalized spacial score (nSPS) is 13.2. The highest BCUT2D eigenvalue weighted by Crippen LogP contribution is 2.18. The Morgan fingerprint density at radius 1 is 1.29 bits per heavy atom. The molecule has 0 aliphatic rings. The Morgan fingerprint density at radius 3 is 2.82 bits per heavy atom. The summed E-state index contributed by atoms with van der Waals surface area (Å²) in [6.45, 7) is 3.04. The predicted octanol–water partition coefficient (Wildman–Crippen LogP) is 3.29. The number of pyridine rings is 1. The molecule has 1 aromatic heterocycles. The van der Waals surface area contributed by atoms with Crippen molar-refractivity contribution in [3.8, 4) is 0 Å². The summed E-state index contributed by atoms with van der Waals surface area (Å²) in [4.78, 5) is 6.63. The highest BCUT2D eigenvalue weighted by Gasteiger charge is 2.10. The van der Waals surface area contributed by atoms with Gasteiger partial charge in [-0.2, -0.15) is 0 Å². The van der Waals surface area contributed by atoms with Gasteiger partial charge in [0.05, 0.1) is 5.52 Å². The van der Waals surface area contributed by atoms with Gasteiger partial charge in [-0.15, -0.1) is 11.6 Å². The van der Waals surface area contributed by atoms with Gasteiger partial charge in [-0.3, -0.25) is 9.88 Å². The summed E-state index contributed by atoms with van der Waals surface area (Å²) in [6.07, 6.45) is 1.87. The van der Waals surface area contributed by atoms with E-state index in [1.54, 1.807) is 0 Å². The van der Waals surface area contributed by atoms with Crippen LogP contribution in [0.25, 0.3) is 10.9 Å². The van der Waals surface area contributed by atoms with E-state index in [9.17, 15) is 0 Å². The van der Waals surface area contributed by atoms with Gasteiger partial charge in [-0.05, 0) is 31.7 Å². The van der Waals surface area contributed by atoms with Gasteiger partial charge >= 0.3 is 0 Å². The average molecular weight is 249 g/mol. The zero-order valence-electron chi connectivity index (χ0n) is 10.2. The molecule has 0 aliphatic carbocycles. The molecule has 90 valence electrons. The van der Waals surface area contributed by atoms with Gasteiger partial charge in [0.25, 0.3) is 0 Å². The quantitative estimate of drug-likeness (QED) is 0.772. The fourth-order valence-corrected chi connectivity index (χ4v) is 2.07. The van der Waals surface area contributed by atoms with E-state index in [0.717, 1.165) is 12.1 Å². The van der Waals surface area contributed by atoms with E-state index in [1.807, 2.05) is 18.3 Å². The third-order valence-corrected chi connectivity index (χ3v) is 3.58. The second-order valence-corrected chi connectivity index (χ2v) is 4.71. The maximum absolute atomic E-state index is 5.88. The van der Waals surface area contributed by atoms with Crippen molar-refractivity contribution >= 4 is 22.5 Å². The molecule has 17 heavy (non-hydrogen) atoms. The van der Waals surface area contributed by atoms with Crippen molar-refractivity contribution in [3.63, 3.8) is 0 Å². The Labute approximate surface area is 107 Å². The van der Waals surface area contributed by atoms with Crippen LogP contribution in [-0.2, 0) is 6.54 Å². The second-order valence-electron chi connectivity index (χ2n) is 4.41. The molecule has 1 unspecified atom stereocenters. The SMILES string of the molecule is CC(CCl)N(C)Cc1ccnc2ccccc12. The molecule has 2 rings (SSSR count). The summed E-state index contributed by atoms with van der Waals surface area (Å²) in [5.74, 6) is 0.652. The molecule has 0 amide bonds. The van der Waals surface area contributed by atoms with Crippen LogP contribution in [-0.4, -0.2) is 28.9 Å². The molecule has 1 aromatic carbocycles. The number of hydrogen-bond donors (Lipinski definition) is 0. The minimum atomic E-state index is 0.378. The maximum Gasteiger partial charge on any atom is 0.0705 e. The topological polar surface area (TPSA) is 16.1 Å². The van der Waals surface area contributed by atoms with E-state index < -0.39 is 0 Å². The molecule has 0 radical (unpaired) electrons. The molecule has 1 heterocycles. The van der Waals surface area contributed by atoms with E-state index >= 15 is 0 Å². The van der Waals surface area contributed by atoms with Gasteiger partial charge in [0.15, 0.2) is 0 Å². The number of aromatic nitrogens is 1. The van der Waals surface area contributed by atoms with Crippen LogP contribution in [0.2, 0.25) is 0 Å². The lowest BCUT2D eigenvalue weighted by molar-refractivity contribution is 0.269. The fourth-order valence-electron chi connectivity index (χ4n) is 1.84. The lowest BCUT2D eigenvalue weighted by Crippen LogP contribution is -2.29. The Bertz CT molecular complexity index is 493. The molecule has 0 bridgehead atoms. The first-order valence-electron chi connectivity index (χ1n) is 5.81. The van der Waals surface area contributed by atoms with Gasteiger partial charge in [-0.1, -0.05) is 18.2 Å². The number of para-hydroxylation sites is 1. The number of nitrogens with zero attached hydrogens (tertiary/aromatic N) is 2. The van der Waals surface area contributed by atoms with E-state index in [1.165, 1.54) is 10.9 Å². The van der Waals surface area contributed by atoms with Gasteiger partial charge in [-0.25, -0.2) is 0 Å². The van der Waals surface area contributed by atoms with Crippen LogP contribution in [0.15, 0.2) is 36.5 Å². The third kappa shape index (κ3) is 2.76. The zero-order chi connectivity index (χ0) is 12.3. The molecule has 0 N–H and O–H groups in total. The molecule has 2 nitrogen and oxygen atoms in total. The van der Waals surface area contributed by atoms with Crippen molar-refractivity contribution in [3.05, 3.63) is 42.1 Å². The van der Waals surface area contributed by atoms with E-state index in [-0.39, 0.29) is 0 Å². The van der Waals surface area contributed by atoms with Crippen LogP contribution < -0.4 is 0 Å². The largest absolute Gasteiger partial charge is 0.298 e. The number of alkyl halides is 1. The molecular formula is C14H17ClN2. The number of fused-ring (bicyclic) bond motifs is 1. The Kier molecular flexibility index (Phi) is 3.97. The standard InChI is InChI=1S/C14H17ClN2/c1-11(9-15)17(2)10-12-7-8-16-14-6-4-3-5-13(12)14/h3-8,11H,9-10H2,1-2H3. The summed E-state index contributed by atoms with van der Waals surface area (Å²) in [7, 11) is 2.10. The Hall–Kier alpha value is -1.12. The molecule has 3 heteroatoms. The summed E-state index contributed by atoms with van der Waals surface area (Å²) in [6, 6.07) is 10.7. The van der Waals surface area contributed by atoms with Crippen LogP contribution in [0.1, 0.15) is 12.5 Å². The average Bonchev–Trinajstić information content (AvgIpc) is 2.38. The van der Waals surface area contributed by atoms with Crippen molar-refractivity contribution in [1.82, 2.24) is 9.88 Å². The van der Waals surface area contributed by atoms with Crippen molar-refractivity contribution in [1.29, 1.82) is 0 Å². The summed E-state index contributed by atoms with van der Waals surface area (Å²) < 4.78 is 0. The van der Waals surface area contributed by atoms with Gasteiger partial charge in [0.2, 0.25) is 0 Å². The van der Waals surface area contributed by atoms with E-state index in [4.69, 9.17) is 11.6 Å². The molecule has 0 spiro atoms. The lowest BCUT2D eigenvalue weighted by atomic mass is 10.1. The minimum Gasteiger partial charge on any atom is -0.298 e. The smallest absolute Gasteiger partial charge is 0.0705 e. The molecule has 0 aliphatic heterocycles. The first-order chi connectivity index (χ1) is 8.22. The summed E-state index contributed by atoms with van der Waals surface area (Å²) in [5, 5.41) is 1.23. The Balaban J connectivity index is 2.30. The van der Waals surface area contributed by atoms with Crippen LogP contribution in [0.3, 0.4) is 0 Å². The zero-order valence-corrected chi connectivity index (χ0v) is 11.0. The molecular weight excluding hydrogens is 232 g/mol. The van der Waals surface area contributed by atoms with Crippen molar-refractivity contribution in [2.24, 2.45) is 0 Å². The Morgan fingerprint density at radius 2 is 2.06 bits per heavy atom. The third-order valence-electron chi connectivity index (χ3n) is 3.13. The maximum atomic E-state index is 5.88. The van der Waals surface area contributed by atoms with Crippen molar-refractivity contribution in [2.45, 2.75) is 19.5 Å². The minimum absolute atomic E-state index is 0.378. The molecule has 0 saturated heterocycles. The van der Waals surface area contributed by atoms with Crippen LogP contribution >= 0.6 is 11.6 Å². The predicted molar refractivity (Wildman–Crippen MR) is 73.4 cm³/mol. The van der Waals surface area contributed by atoms with Crippen molar-refractivity contribution < 1.29 is 0 Å². The monoisotopic (exact) mass is 248 g/mol. The van der Waals surface area contributed by atoms with E-state index in [2.05, 4.69) is 42.1 Å². The summed E-state index contributed by atoms with van der Waals surface area (Å²) in [5.41, 5.74) is 2.35. The van der Waals surface area contributed by atoms with Gasteiger partial charge < -0.3 is 0 Å². The summed E-state index contributed by atoms with van der Waals surface area (Å²) >= 11 is 5.88. The van der Waals surface area contributed by atoms with Crippen LogP contribution in [0, 0.1) is 0 Å². The highest BCUT2D eigenvalue weighted by molar-refractivity contribution is 6.18. The highest BCUT2D eigenvalue weighted by atomic mass is 35.5. The first-order valence-corrected chi connectivity index (χ1v) is 6.34. The molecule has 1 atom stereocenters. The number of benzene rings is 1. The number of hydrogen-bond acceptors (Lipinski definition) is 2. The van der Waals surface area contributed by atoms with Gasteiger partial charge in [0.1, 0.15) is 0 Å². The van der Waals surface area contributed by atoms with Gasteiger partial charge in [0, 0.05) is 30.0 Å². The van der Waals surface area contributed by atoms with E-state index in [0.29, 0.717) is 11.9 Å². The molecule has 2 aromatic rings. The number of rotatable bonds is 4. The van der Waals surface area contributed by atoms with Crippen molar-refractivity contribution in [2.75, 3.05) is 12.9 Å². The van der Waals surface area contributed by atoms with Crippen LogP contribution in [0.5, 0.6) is 0 Å². The second kappa shape index (κ2) is 5.48. The lowest BCUT2D eigenvalue weighted by Gasteiger charge is -2.23. The van der Waals surface area contributed by atoms with Crippen LogP contribution in [0.4, 0.5) is 0 Å². The molecule has 0 saturated carbocycles. The first kappa shape index (κ1) is 12.3. The fraction of sp³-hybridized carbons (Fsp3) is 0.357. The molecule has 0 fully saturated rings. The number of halogens is 1.